The number of para-hydroxylation sites is 3. The van der Waals surface area contributed by atoms with Gasteiger partial charge in [-0.05, 0) is 55.3 Å². The highest BCUT2D eigenvalue weighted by Gasteiger charge is 2.36. The van der Waals surface area contributed by atoms with Crippen LogP contribution in [0.2, 0.25) is 0 Å². The van der Waals surface area contributed by atoms with Gasteiger partial charge in [0.2, 0.25) is 0 Å². The summed E-state index contributed by atoms with van der Waals surface area (Å²) in [4.78, 5) is 14.8. The summed E-state index contributed by atoms with van der Waals surface area (Å²) in [6.07, 6.45) is 0.335. The van der Waals surface area contributed by atoms with E-state index in [-0.39, 0.29) is 22.9 Å². The van der Waals surface area contributed by atoms with Crippen molar-refractivity contribution in [3.05, 3.63) is 83.9 Å². The van der Waals surface area contributed by atoms with E-state index < -0.39 is 10.0 Å². The normalized spacial score (nSPS) is 18.9. The minimum Gasteiger partial charge on any atom is -0.486 e. The van der Waals surface area contributed by atoms with Crippen LogP contribution in [0.15, 0.2) is 77.7 Å². The van der Waals surface area contributed by atoms with Gasteiger partial charge in [-0.1, -0.05) is 36.4 Å². The molecule has 0 fully saturated rings. The Morgan fingerprint density at radius 3 is 2.59 bits per heavy atom. The van der Waals surface area contributed by atoms with Crippen molar-refractivity contribution in [3.8, 4) is 11.5 Å². The second kappa shape index (κ2) is 8.68. The molecule has 0 N–H and O–H groups in total. The van der Waals surface area contributed by atoms with E-state index in [1.807, 2.05) is 55.5 Å². The molecule has 0 bridgehead atoms. The Morgan fingerprint density at radius 1 is 1.03 bits per heavy atom. The Hall–Kier alpha value is -3.52. The summed E-state index contributed by atoms with van der Waals surface area (Å²) < 4.78 is 40.3. The first-order chi connectivity index (χ1) is 16.3. The van der Waals surface area contributed by atoms with Crippen molar-refractivity contribution in [1.82, 2.24) is 4.90 Å². The Bertz CT molecular complexity index is 1340. The summed E-state index contributed by atoms with van der Waals surface area (Å²) >= 11 is 0. The number of hydrogen-bond acceptors (Lipinski definition) is 5. The number of ether oxygens (including phenoxy) is 2. The predicted molar refractivity (Wildman–Crippen MR) is 129 cm³/mol. The summed E-state index contributed by atoms with van der Waals surface area (Å²) in [5.41, 5.74) is 2.00. The molecule has 0 aliphatic carbocycles. The minimum atomic E-state index is -3.83. The van der Waals surface area contributed by atoms with E-state index in [2.05, 4.69) is 0 Å². The molecule has 2 heterocycles. The monoisotopic (exact) mass is 478 g/mol. The SMILES string of the molecule is C[C@@H]1Cc2ccccc2N1S(=O)(=O)c1cccc(C(=O)N(C)C[C@H]2COc3ccccc3O2)c1. The average molecular weight is 479 g/mol. The second-order valence-corrected chi connectivity index (χ2v) is 10.5. The van der Waals surface area contributed by atoms with Crippen molar-refractivity contribution in [2.45, 2.75) is 30.4 Å². The molecule has 0 saturated heterocycles. The Kier molecular flexibility index (Phi) is 5.69. The molecule has 7 nitrogen and oxygen atoms in total. The molecule has 2 aliphatic rings. The number of nitrogens with zero attached hydrogens (tertiary/aromatic N) is 2. The molecule has 0 radical (unpaired) electrons. The number of fused-ring (bicyclic) bond motifs is 2. The van der Waals surface area contributed by atoms with Crippen LogP contribution in [0, 0.1) is 0 Å². The number of carbonyl (C=O) groups is 1. The number of anilines is 1. The first kappa shape index (κ1) is 22.3. The van der Waals surface area contributed by atoms with Gasteiger partial charge in [0.1, 0.15) is 6.61 Å². The molecule has 5 rings (SSSR count). The van der Waals surface area contributed by atoms with Crippen LogP contribution in [0.4, 0.5) is 5.69 Å². The van der Waals surface area contributed by atoms with Gasteiger partial charge < -0.3 is 14.4 Å². The third kappa shape index (κ3) is 3.98. The molecule has 0 spiro atoms. The molecular formula is C26H26N2O5S. The largest absolute Gasteiger partial charge is 0.486 e. The van der Waals surface area contributed by atoms with Crippen molar-refractivity contribution < 1.29 is 22.7 Å². The third-order valence-electron chi connectivity index (χ3n) is 6.17. The van der Waals surface area contributed by atoms with Crippen molar-refractivity contribution in [1.29, 1.82) is 0 Å². The highest BCUT2D eigenvalue weighted by Crippen LogP contribution is 2.36. The summed E-state index contributed by atoms with van der Waals surface area (Å²) in [6.45, 7) is 2.53. The van der Waals surface area contributed by atoms with E-state index in [1.54, 1.807) is 19.2 Å². The van der Waals surface area contributed by atoms with E-state index in [0.29, 0.717) is 42.3 Å². The Morgan fingerprint density at radius 2 is 1.76 bits per heavy atom. The summed E-state index contributed by atoms with van der Waals surface area (Å²) in [5.74, 6) is 1.05. The lowest BCUT2D eigenvalue weighted by Gasteiger charge is -2.29. The molecule has 0 aromatic heterocycles. The molecular weight excluding hydrogens is 452 g/mol. The molecule has 34 heavy (non-hydrogen) atoms. The number of likely N-dealkylation sites (N-methyl/N-ethyl adjacent to an activating group) is 1. The van der Waals surface area contributed by atoms with Gasteiger partial charge in [0.05, 0.1) is 17.1 Å². The fourth-order valence-corrected chi connectivity index (χ4v) is 6.31. The quantitative estimate of drug-likeness (QED) is 0.559. The van der Waals surface area contributed by atoms with Crippen molar-refractivity contribution >= 4 is 21.6 Å². The zero-order chi connectivity index (χ0) is 23.9. The standard InChI is InChI=1S/C26H26N2O5S/c1-18-14-19-8-3-4-11-23(19)28(18)34(30,31)22-10-7-9-20(15-22)26(29)27(2)16-21-17-32-24-12-5-6-13-25(24)33-21/h3-13,15,18,21H,14,16-17H2,1-2H3/t18-,21+/m1/s1. The first-order valence-electron chi connectivity index (χ1n) is 11.2. The van der Waals surface area contributed by atoms with Crippen LogP contribution in [0.5, 0.6) is 11.5 Å². The Labute approximate surface area is 199 Å². The molecule has 1 amide bonds. The number of sulfonamides is 1. The van der Waals surface area contributed by atoms with Gasteiger partial charge in [-0.2, -0.15) is 0 Å². The number of rotatable bonds is 5. The van der Waals surface area contributed by atoms with Crippen LogP contribution in [0.25, 0.3) is 0 Å². The summed E-state index contributed by atoms with van der Waals surface area (Å²) in [5, 5.41) is 0. The first-order valence-corrected chi connectivity index (χ1v) is 12.6. The highest BCUT2D eigenvalue weighted by atomic mass is 32.2. The van der Waals surface area contributed by atoms with Gasteiger partial charge in [0, 0.05) is 18.7 Å². The highest BCUT2D eigenvalue weighted by molar-refractivity contribution is 7.92. The van der Waals surface area contributed by atoms with Gasteiger partial charge in [0.25, 0.3) is 15.9 Å². The zero-order valence-electron chi connectivity index (χ0n) is 19.0. The number of benzene rings is 3. The maximum absolute atomic E-state index is 13.6. The molecule has 2 atom stereocenters. The molecule has 2 aliphatic heterocycles. The van der Waals surface area contributed by atoms with Crippen LogP contribution in [-0.4, -0.2) is 51.6 Å². The summed E-state index contributed by atoms with van der Waals surface area (Å²) in [6, 6.07) is 21.0. The van der Waals surface area contributed by atoms with Gasteiger partial charge in [-0.25, -0.2) is 8.42 Å². The Balaban J connectivity index is 1.34. The molecule has 8 heteroatoms. The van der Waals surface area contributed by atoms with E-state index in [4.69, 9.17) is 9.47 Å². The van der Waals surface area contributed by atoms with E-state index in [9.17, 15) is 13.2 Å². The lowest BCUT2D eigenvalue weighted by Crippen LogP contribution is -2.41. The maximum atomic E-state index is 13.6. The van der Waals surface area contributed by atoms with Crippen LogP contribution >= 0.6 is 0 Å². The third-order valence-corrected chi connectivity index (χ3v) is 8.10. The van der Waals surface area contributed by atoms with Crippen LogP contribution < -0.4 is 13.8 Å². The number of hydrogen-bond donors (Lipinski definition) is 0. The second-order valence-electron chi connectivity index (χ2n) is 8.69. The fraction of sp³-hybridized carbons (Fsp3) is 0.269. The van der Waals surface area contributed by atoms with Gasteiger partial charge in [-0.3, -0.25) is 9.10 Å². The van der Waals surface area contributed by atoms with Crippen molar-refractivity contribution in [2.75, 3.05) is 24.5 Å². The van der Waals surface area contributed by atoms with Gasteiger partial charge in [-0.15, -0.1) is 0 Å². The van der Waals surface area contributed by atoms with Crippen molar-refractivity contribution in [3.63, 3.8) is 0 Å². The van der Waals surface area contributed by atoms with Gasteiger partial charge >= 0.3 is 0 Å². The lowest BCUT2D eigenvalue weighted by atomic mass is 10.1. The van der Waals surface area contributed by atoms with Crippen LogP contribution in [0.3, 0.4) is 0 Å². The van der Waals surface area contributed by atoms with Crippen molar-refractivity contribution in [2.24, 2.45) is 0 Å². The van der Waals surface area contributed by atoms with Crippen LogP contribution in [0.1, 0.15) is 22.8 Å². The molecule has 0 unspecified atom stereocenters. The smallest absolute Gasteiger partial charge is 0.264 e. The van der Waals surface area contributed by atoms with E-state index >= 15 is 0 Å². The number of amides is 1. The van der Waals surface area contributed by atoms with Crippen LogP contribution in [-0.2, 0) is 16.4 Å². The lowest BCUT2D eigenvalue weighted by molar-refractivity contribution is 0.0521. The topological polar surface area (TPSA) is 76.2 Å². The molecule has 0 saturated carbocycles. The molecule has 3 aromatic rings. The van der Waals surface area contributed by atoms with Gasteiger partial charge in [0.15, 0.2) is 17.6 Å². The minimum absolute atomic E-state index is 0.0986. The predicted octanol–water partition coefficient (Wildman–Crippen LogP) is 3.74. The molecule has 3 aromatic carbocycles. The fourth-order valence-electron chi connectivity index (χ4n) is 4.57. The average Bonchev–Trinajstić information content (AvgIpc) is 3.20. The molecule has 176 valence electrons. The summed E-state index contributed by atoms with van der Waals surface area (Å²) in [7, 11) is -2.15. The maximum Gasteiger partial charge on any atom is 0.264 e. The number of carbonyl (C=O) groups excluding carboxylic acids is 1. The zero-order valence-corrected chi connectivity index (χ0v) is 19.9. The van der Waals surface area contributed by atoms with E-state index in [1.165, 1.54) is 21.3 Å². The van der Waals surface area contributed by atoms with E-state index in [0.717, 1.165) is 5.56 Å².